The molecule has 3 rings (SSSR count). The number of anilines is 1. The molecule has 1 aliphatic rings. The van der Waals surface area contributed by atoms with Gasteiger partial charge in [-0.3, -0.25) is 0 Å². The maximum atomic E-state index is 4.50. The molecule has 1 atom stereocenters. The van der Waals surface area contributed by atoms with Crippen LogP contribution in [-0.4, -0.2) is 20.6 Å². The highest BCUT2D eigenvalue weighted by Gasteiger charge is 2.28. The number of aromatic nitrogens is 3. The number of nitrogens with zero attached hydrogens (tertiary/aromatic N) is 3. The van der Waals surface area contributed by atoms with E-state index in [1.54, 1.807) is 0 Å². The van der Waals surface area contributed by atoms with Crippen molar-refractivity contribution in [1.29, 1.82) is 0 Å². The SMILES string of the molecule is Cc1cccn2nc(NC(C)C3CC3)nc12. The molecule has 2 heterocycles. The minimum absolute atomic E-state index is 0.484. The largest absolute Gasteiger partial charge is 0.350 e. The van der Waals surface area contributed by atoms with Crippen molar-refractivity contribution in [2.75, 3.05) is 5.32 Å². The molecule has 0 amide bonds. The fourth-order valence-electron chi connectivity index (χ4n) is 2.02. The molecule has 0 aromatic carbocycles. The smallest absolute Gasteiger partial charge is 0.243 e. The van der Waals surface area contributed by atoms with Crippen LogP contribution in [0, 0.1) is 12.8 Å². The molecule has 0 radical (unpaired) electrons. The van der Waals surface area contributed by atoms with Crippen molar-refractivity contribution in [2.24, 2.45) is 5.92 Å². The quantitative estimate of drug-likeness (QED) is 0.855. The zero-order valence-corrected chi connectivity index (χ0v) is 9.64. The van der Waals surface area contributed by atoms with Gasteiger partial charge in [-0.2, -0.15) is 4.98 Å². The predicted octanol–water partition coefficient (Wildman–Crippen LogP) is 2.25. The van der Waals surface area contributed by atoms with E-state index < -0.39 is 0 Å². The fraction of sp³-hybridized carbons (Fsp3) is 0.500. The Morgan fingerprint density at radius 1 is 1.50 bits per heavy atom. The monoisotopic (exact) mass is 216 g/mol. The molecule has 4 heteroatoms. The molecule has 4 nitrogen and oxygen atoms in total. The van der Waals surface area contributed by atoms with Crippen molar-refractivity contribution in [3.05, 3.63) is 23.9 Å². The van der Waals surface area contributed by atoms with E-state index in [4.69, 9.17) is 0 Å². The van der Waals surface area contributed by atoms with Crippen LogP contribution >= 0.6 is 0 Å². The van der Waals surface area contributed by atoms with Gasteiger partial charge >= 0.3 is 0 Å². The van der Waals surface area contributed by atoms with Gasteiger partial charge in [0.15, 0.2) is 5.65 Å². The average molecular weight is 216 g/mol. The molecule has 0 spiro atoms. The predicted molar refractivity (Wildman–Crippen MR) is 63.5 cm³/mol. The van der Waals surface area contributed by atoms with E-state index in [1.807, 2.05) is 16.8 Å². The Morgan fingerprint density at radius 2 is 2.31 bits per heavy atom. The second-order valence-corrected chi connectivity index (χ2v) is 4.67. The van der Waals surface area contributed by atoms with Crippen LogP contribution in [0.3, 0.4) is 0 Å². The lowest BCUT2D eigenvalue weighted by Crippen LogP contribution is -2.18. The van der Waals surface area contributed by atoms with E-state index in [0.29, 0.717) is 6.04 Å². The first-order valence-corrected chi connectivity index (χ1v) is 5.82. The first-order valence-electron chi connectivity index (χ1n) is 5.82. The van der Waals surface area contributed by atoms with Gasteiger partial charge in [0.05, 0.1) is 0 Å². The second kappa shape index (κ2) is 3.47. The maximum absolute atomic E-state index is 4.50. The van der Waals surface area contributed by atoms with Gasteiger partial charge in [0.1, 0.15) is 0 Å². The van der Waals surface area contributed by atoms with Crippen molar-refractivity contribution < 1.29 is 0 Å². The summed E-state index contributed by atoms with van der Waals surface area (Å²) in [6.07, 6.45) is 4.60. The first-order chi connectivity index (χ1) is 7.74. The third kappa shape index (κ3) is 1.64. The van der Waals surface area contributed by atoms with Gasteiger partial charge in [0, 0.05) is 12.2 Å². The summed E-state index contributed by atoms with van der Waals surface area (Å²) in [5, 5.41) is 7.80. The summed E-state index contributed by atoms with van der Waals surface area (Å²) < 4.78 is 1.83. The Morgan fingerprint density at radius 3 is 3.00 bits per heavy atom. The van der Waals surface area contributed by atoms with Gasteiger partial charge in [0.2, 0.25) is 5.95 Å². The first kappa shape index (κ1) is 9.63. The lowest BCUT2D eigenvalue weighted by molar-refractivity contribution is 0.686. The van der Waals surface area contributed by atoms with Gasteiger partial charge in [-0.25, -0.2) is 4.52 Å². The van der Waals surface area contributed by atoms with Gasteiger partial charge < -0.3 is 5.32 Å². The number of hydrogen-bond acceptors (Lipinski definition) is 3. The highest BCUT2D eigenvalue weighted by atomic mass is 15.3. The molecule has 1 unspecified atom stereocenters. The number of fused-ring (bicyclic) bond motifs is 1. The normalized spacial score (nSPS) is 17.6. The van der Waals surface area contributed by atoms with Crippen molar-refractivity contribution >= 4 is 11.6 Å². The number of hydrogen-bond donors (Lipinski definition) is 1. The highest BCUT2D eigenvalue weighted by Crippen LogP contribution is 2.33. The van der Waals surface area contributed by atoms with Crippen LogP contribution in [-0.2, 0) is 0 Å². The van der Waals surface area contributed by atoms with Crippen LogP contribution in [0.1, 0.15) is 25.3 Å². The van der Waals surface area contributed by atoms with E-state index in [9.17, 15) is 0 Å². The van der Waals surface area contributed by atoms with Gasteiger partial charge in [0.25, 0.3) is 0 Å². The zero-order valence-electron chi connectivity index (χ0n) is 9.64. The van der Waals surface area contributed by atoms with Crippen molar-refractivity contribution in [1.82, 2.24) is 14.6 Å². The Balaban J connectivity index is 1.89. The molecule has 0 bridgehead atoms. The molecule has 0 aliphatic heterocycles. The number of rotatable bonds is 3. The molecular weight excluding hydrogens is 200 g/mol. The molecule has 1 aliphatic carbocycles. The van der Waals surface area contributed by atoms with Gasteiger partial charge in [-0.15, -0.1) is 5.10 Å². The summed E-state index contributed by atoms with van der Waals surface area (Å²) in [6.45, 7) is 4.26. The lowest BCUT2D eigenvalue weighted by atomic mass is 10.2. The molecule has 2 aromatic rings. The van der Waals surface area contributed by atoms with Crippen molar-refractivity contribution in [3.63, 3.8) is 0 Å². The van der Waals surface area contributed by atoms with Crippen LogP contribution in [0.2, 0.25) is 0 Å². The van der Waals surface area contributed by atoms with Crippen LogP contribution in [0.25, 0.3) is 5.65 Å². The summed E-state index contributed by atoms with van der Waals surface area (Å²) >= 11 is 0. The zero-order chi connectivity index (χ0) is 11.1. The third-order valence-electron chi connectivity index (χ3n) is 3.24. The maximum Gasteiger partial charge on any atom is 0.243 e. The number of pyridine rings is 1. The molecular formula is C12H16N4. The van der Waals surface area contributed by atoms with E-state index in [-0.39, 0.29) is 0 Å². The van der Waals surface area contributed by atoms with Crippen LogP contribution < -0.4 is 5.32 Å². The molecule has 1 N–H and O–H groups in total. The standard InChI is InChI=1S/C12H16N4/c1-8-4-3-7-16-11(8)14-12(15-16)13-9(2)10-5-6-10/h3-4,7,9-10H,5-6H2,1-2H3,(H,13,15). The Bertz CT molecular complexity index is 513. The molecule has 1 fully saturated rings. The molecule has 0 saturated heterocycles. The van der Waals surface area contributed by atoms with Crippen LogP contribution in [0.5, 0.6) is 0 Å². The number of aryl methyl sites for hydroxylation is 1. The summed E-state index contributed by atoms with van der Waals surface area (Å²) in [5.74, 6) is 1.56. The van der Waals surface area contributed by atoms with Crippen LogP contribution in [0.4, 0.5) is 5.95 Å². The Labute approximate surface area is 94.7 Å². The Hall–Kier alpha value is -1.58. The number of nitrogens with one attached hydrogen (secondary N) is 1. The van der Waals surface area contributed by atoms with Crippen molar-refractivity contribution in [2.45, 2.75) is 32.7 Å². The highest BCUT2D eigenvalue weighted by molar-refractivity contribution is 5.50. The molecule has 1 saturated carbocycles. The summed E-state index contributed by atoms with van der Waals surface area (Å²) in [4.78, 5) is 4.50. The fourth-order valence-corrected chi connectivity index (χ4v) is 2.02. The summed E-state index contributed by atoms with van der Waals surface area (Å²) in [7, 11) is 0. The van der Waals surface area contributed by atoms with Crippen molar-refractivity contribution in [3.8, 4) is 0 Å². The Kier molecular flexibility index (Phi) is 2.09. The summed E-state index contributed by atoms with van der Waals surface area (Å²) in [6, 6.07) is 4.53. The van der Waals surface area contributed by atoms with E-state index in [1.165, 1.54) is 12.8 Å². The summed E-state index contributed by atoms with van der Waals surface area (Å²) in [5.41, 5.74) is 2.09. The minimum Gasteiger partial charge on any atom is -0.350 e. The van der Waals surface area contributed by atoms with Gasteiger partial charge in [-0.1, -0.05) is 6.07 Å². The molecule has 16 heavy (non-hydrogen) atoms. The lowest BCUT2D eigenvalue weighted by Gasteiger charge is -2.09. The van der Waals surface area contributed by atoms with Gasteiger partial charge in [-0.05, 0) is 44.2 Å². The molecule has 2 aromatic heterocycles. The van der Waals surface area contributed by atoms with E-state index >= 15 is 0 Å². The molecule has 84 valence electrons. The van der Waals surface area contributed by atoms with E-state index in [2.05, 4.69) is 35.3 Å². The minimum atomic E-state index is 0.484. The van der Waals surface area contributed by atoms with Crippen LogP contribution in [0.15, 0.2) is 18.3 Å². The second-order valence-electron chi connectivity index (χ2n) is 4.67. The third-order valence-corrected chi connectivity index (χ3v) is 3.24. The van der Waals surface area contributed by atoms with E-state index in [0.717, 1.165) is 23.1 Å². The average Bonchev–Trinajstić information content (AvgIpc) is 3.01. The topological polar surface area (TPSA) is 42.2 Å².